The Kier molecular flexibility index (Phi) is 11.2. The Morgan fingerprint density at radius 1 is 1.02 bits per heavy atom. The second-order valence-corrected chi connectivity index (χ2v) is 14.1. The van der Waals surface area contributed by atoms with Crippen LogP contribution < -0.4 is 15.8 Å². The average molecular weight is 646 g/mol. The number of nitrogens with two attached hydrogens (primary N) is 1. The molecule has 0 bridgehead atoms. The van der Waals surface area contributed by atoms with E-state index in [1.165, 1.54) is 18.7 Å². The van der Waals surface area contributed by atoms with Gasteiger partial charge in [0.25, 0.3) is 10.0 Å². The summed E-state index contributed by atoms with van der Waals surface area (Å²) in [5.74, 6) is -0.0291. The van der Waals surface area contributed by atoms with Gasteiger partial charge < -0.3 is 16.0 Å². The molecule has 5 rings (SSSR count). The standard InChI is InChI=1S/C31H39N5O4S2.ClH/c32-27(21-26-9-6-20-41-26)29(37)36-18-15-31(16-19-36,30(38)34-24-7-2-1-3-8-24)22-23-11-13-25(14-12-23)35-42(39,40)28-10-4-5-17-33-28;/h4-6,9-14,17,20,24,27,35H,1-3,7-8,15-16,18-19,21-22,32H2,(H,34,38);1H/t27-;/m0./s1. The molecule has 4 N–H and O–H groups in total. The molecule has 2 amide bonds. The molecule has 0 spiro atoms. The molecular formula is C31H40ClN5O4S2. The number of nitrogens with zero attached hydrogens (tertiary/aromatic N) is 2. The van der Waals surface area contributed by atoms with Gasteiger partial charge in [-0.25, -0.2) is 4.98 Å². The molecule has 1 saturated carbocycles. The number of anilines is 1. The van der Waals surface area contributed by atoms with E-state index in [2.05, 4.69) is 15.0 Å². The number of thiophene rings is 1. The van der Waals surface area contributed by atoms with E-state index in [4.69, 9.17) is 5.73 Å². The number of hydrogen-bond donors (Lipinski definition) is 3. The Labute approximate surface area is 264 Å². The third-order valence-electron chi connectivity index (χ3n) is 8.43. The molecule has 232 valence electrons. The van der Waals surface area contributed by atoms with Gasteiger partial charge in [0.1, 0.15) is 0 Å². The summed E-state index contributed by atoms with van der Waals surface area (Å²) in [6.07, 6.45) is 8.97. The van der Waals surface area contributed by atoms with Crippen molar-refractivity contribution < 1.29 is 18.0 Å². The van der Waals surface area contributed by atoms with Gasteiger partial charge in [-0.1, -0.05) is 43.5 Å². The van der Waals surface area contributed by atoms with E-state index in [9.17, 15) is 18.0 Å². The zero-order chi connectivity index (χ0) is 29.6. The van der Waals surface area contributed by atoms with Crippen molar-refractivity contribution in [2.45, 2.75) is 74.9 Å². The quantitative estimate of drug-likeness (QED) is 0.297. The first kappa shape index (κ1) is 32.9. The summed E-state index contributed by atoms with van der Waals surface area (Å²) >= 11 is 1.59. The first-order valence-corrected chi connectivity index (χ1v) is 17.0. The molecule has 12 heteroatoms. The number of nitrogens with one attached hydrogen (secondary N) is 2. The minimum atomic E-state index is -3.81. The van der Waals surface area contributed by atoms with Crippen LogP contribution >= 0.6 is 23.7 Å². The Bertz CT molecular complexity index is 1440. The van der Waals surface area contributed by atoms with Gasteiger partial charge in [-0.15, -0.1) is 23.7 Å². The predicted molar refractivity (Wildman–Crippen MR) is 172 cm³/mol. The van der Waals surface area contributed by atoms with Crippen LogP contribution in [0.1, 0.15) is 55.4 Å². The van der Waals surface area contributed by atoms with Gasteiger partial charge in [0.15, 0.2) is 5.03 Å². The minimum Gasteiger partial charge on any atom is -0.353 e. The van der Waals surface area contributed by atoms with E-state index in [0.29, 0.717) is 44.5 Å². The largest absolute Gasteiger partial charge is 0.353 e. The number of hydrogen-bond acceptors (Lipinski definition) is 7. The number of amides is 2. The number of aromatic nitrogens is 1. The summed E-state index contributed by atoms with van der Waals surface area (Å²) in [5.41, 5.74) is 6.98. The Morgan fingerprint density at radius 3 is 2.37 bits per heavy atom. The molecule has 1 aliphatic heterocycles. The lowest BCUT2D eigenvalue weighted by atomic mass is 9.72. The van der Waals surface area contributed by atoms with Crippen LogP contribution in [-0.4, -0.2) is 55.3 Å². The monoisotopic (exact) mass is 645 g/mol. The summed E-state index contributed by atoms with van der Waals surface area (Å²) < 4.78 is 27.9. The number of benzene rings is 1. The lowest BCUT2D eigenvalue weighted by Crippen LogP contribution is -2.55. The zero-order valence-corrected chi connectivity index (χ0v) is 26.6. The molecule has 3 aromatic rings. The molecule has 1 atom stereocenters. The highest BCUT2D eigenvalue weighted by molar-refractivity contribution is 7.92. The van der Waals surface area contributed by atoms with Crippen LogP contribution in [-0.2, 0) is 32.5 Å². The molecular weight excluding hydrogens is 606 g/mol. The highest BCUT2D eigenvalue weighted by Crippen LogP contribution is 2.37. The van der Waals surface area contributed by atoms with E-state index in [-0.39, 0.29) is 35.3 Å². The van der Waals surface area contributed by atoms with Gasteiger partial charge in [-0.2, -0.15) is 8.42 Å². The lowest BCUT2D eigenvalue weighted by Gasteiger charge is -2.42. The molecule has 2 aromatic heterocycles. The number of rotatable bonds is 10. The first-order valence-electron chi connectivity index (χ1n) is 14.6. The maximum atomic E-state index is 13.9. The molecule has 9 nitrogen and oxygen atoms in total. The van der Waals surface area contributed by atoms with Crippen LogP contribution in [0.4, 0.5) is 5.69 Å². The van der Waals surface area contributed by atoms with Crippen LogP contribution in [0.25, 0.3) is 0 Å². The van der Waals surface area contributed by atoms with Crippen molar-refractivity contribution in [3.63, 3.8) is 0 Å². The highest BCUT2D eigenvalue weighted by Gasteiger charge is 2.43. The number of likely N-dealkylation sites (tertiary alicyclic amines) is 1. The van der Waals surface area contributed by atoms with Gasteiger partial charge in [-0.3, -0.25) is 14.3 Å². The van der Waals surface area contributed by atoms with E-state index < -0.39 is 21.5 Å². The van der Waals surface area contributed by atoms with E-state index in [0.717, 1.165) is 36.1 Å². The number of sulfonamides is 1. The smallest absolute Gasteiger partial charge is 0.279 e. The SMILES string of the molecule is Cl.N[C@@H](Cc1cccs1)C(=O)N1CCC(Cc2ccc(NS(=O)(=O)c3ccccn3)cc2)(C(=O)NC2CCCCC2)CC1. The van der Waals surface area contributed by atoms with Gasteiger partial charge in [0, 0.05) is 42.3 Å². The Morgan fingerprint density at radius 2 is 1.74 bits per heavy atom. The van der Waals surface area contributed by atoms with Crippen LogP contribution in [0.2, 0.25) is 0 Å². The summed E-state index contributed by atoms with van der Waals surface area (Å²) in [7, 11) is -3.81. The van der Waals surface area contributed by atoms with Crippen molar-refractivity contribution in [3.05, 3.63) is 76.6 Å². The molecule has 3 heterocycles. The number of carbonyl (C=O) groups is 2. The number of pyridine rings is 1. The molecule has 2 fully saturated rings. The summed E-state index contributed by atoms with van der Waals surface area (Å²) in [4.78, 5) is 33.9. The molecule has 43 heavy (non-hydrogen) atoms. The van der Waals surface area contributed by atoms with Gasteiger partial charge in [-0.05, 0) is 73.4 Å². The van der Waals surface area contributed by atoms with Crippen LogP contribution in [0.5, 0.6) is 0 Å². The topological polar surface area (TPSA) is 134 Å². The van der Waals surface area contributed by atoms with Crippen molar-refractivity contribution >= 4 is 51.3 Å². The summed E-state index contributed by atoms with van der Waals surface area (Å²) in [6.45, 7) is 0.939. The highest BCUT2D eigenvalue weighted by atomic mass is 35.5. The van der Waals surface area contributed by atoms with E-state index in [1.54, 1.807) is 40.5 Å². The molecule has 2 aliphatic rings. The van der Waals surface area contributed by atoms with Crippen LogP contribution in [0, 0.1) is 5.41 Å². The average Bonchev–Trinajstić information content (AvgIpc) is 3.52. The van der Waals surface area contributed by atoms with Crippen molar-refractivity contribution in [1.29, 1.82) is 0 Å². The van der Waals surface area contributed by atoms with Crippen LogP contribution in [0.15, 0.2) is 71.2 Å². The second kappa shape index (κ2) is 14.7. The fraction of sp³-hybridized carbons (Fsp3) is 0.452. The van der Waals surface area contributed by atoms with Gasteiger partial charge in [0.05, 0.1) is 11.5 Å². The molecule has 0 radical (unpaired) electrons. The van der Waals surface area contributed by atoms with Crippen molar-refractivity contribution in [3.8, 4) is 0 Å². The van der Waals surface area contributed by atoms with Crippen LogP contribution in [0.3, 0.4) is 0 Å². The Hall–Kier alpha value is -2.99. The lowest BCUT2D eigenvalue weighted by molar-refractivity contribution is -0.141. The number of halogens is 1. The third kappa shape index (κ3) is 8.35. The summed E-state index contributed by atoms with van der Waals surface area (Å²) in [6, 6.07) is 15.4. The minimum absolute atomic E-state index is 0. The second-order valence-electron chi connectivity index (χ2n) is 11.5. The first-order chi connectivity index (χ1) is 20.2. The van der Waals surface area contributed by atoms with Crippen molar-refractivity contribution in [2.75, 3.05) is 17.8 Å². The maximum absolute atomic E-state index is 13.9. The fourth-order valence-corrected chi connectivity index (χ4v) is 7.76. The normalized spacial score (nSPS) is 17.8. The zero-order valence-electron chi connectivity index (χ0n) is 24.1. The van der Waals surface area contributed by atoms with Gasteiger partial charge in [0.2, 0.25) is 11.8 Å². The molecule has 1 aliphatic carbocycles. The van der Waals surface area contributed by atoms with E-state index in [1.807, 2.05) is 29.6 Å². The molecule has 1 saturated heterocycles. The third-order valence-corrected chi connectivity index (χ3v) is 10.6. The van der Waals surface area contributed by atoms with E-state index >= 15 is 0 Å². The Balaban J connectivity index is 0.00000423. The van der Waals surface area contributed by atoms with Gasteiger partial charge >= 0.3 is 0 Å². The van der Waals surface area contributed by atoms with Crippen molar-refractivity contribution in [2.24, 2.45) is 11.1 Å². The maximum Gasteiger partial charge on any atom is 0.279 e. The number of piperidine rings is 1. The number of carbonyl (C=O) groups excluding carboxylic acids is 2. The predicted octanol–water partition coefficient (Wildman–Crippen LogP) is 4.54. The molecule has 0 unspecified atom stereocenters. The fourth-order valence-electron chi connectivity index (χ4n) is 5.99. The molecule has 1 aromatic carbocycles. The van der Waals surface area contributed by atoms with Crippen molar-refractivity contribution in [1.82, 2.24) is 15.2 Å². The summed E-state index contributed by atoms with van der Waals surface area (Å²) in [5, 5.41) is 5.27.